The summed E-state index contributed by atoms with van der Waals surface area (Å²) in [4.78, 5) is 15.5. The van der Waals surface area contributed by atoms with Crippen LogP contribution in [-0.4, -0.2) is 10.8 Å². The second-order valence-corrected chi connectivity index (χ2v) is 4.11. The molecule has 18 heavy (non-hydrogen) atoms. The Balaban J connectivity index is 2.41. The summed E-state index contributed by atoms with van der Waals surface area (Å²) in [6, 6.07) is 8.20. The third-order valence-corrected chi connectivity index (χ3v) is 2.60. The number of nitrogens with two attached hydrogens (primary N) is 1. The molecule has 0 atom stereocenters. The second-order valence-electron chi connectivity index (χ2n) is 3.70. The lowest BCUT2D eigenvalue weighted by molar-refractivity contribution is 0.101. The third-order valence-electron chi connectivity index (χ3n) is 2.31. The first-order chi connectivity index (χ1) is 8.58. The number of hydrogen-bond acceptors (Lipinski definition) is 4. The molecule has 5 heteroatoms. The van der Waals surface area contributed by atoms with Gasteiger partial charge in [0, 0.05) is 11.9 Å². The molecule has 1 aromatic heterocycles. The highest BCUT2D eigenvalue weighted by molar-refractivity contribution is 6.31. The van der Waals surface area contributed by atoms with E-state index in [4.69, 9.17) is 22.1 Å². The molecule has 0 fully saturated rings. The highest BCUT2D eigenvalue weighted by Crippen LogP contribution is 2.30. The molecule has 0 unspecified atom stereocenters. The zero-order valence-corrected chi connectivity index (χ0v) is 10.4. The van der Waals surface area contributed by atoms with E-state index in [2.05, 4.69) is 4.98 Å². The van der Waals surface area contributed by atoms with Crippen molar-refractivity contribution >= 4 is 23.1 Å². The van der Waals surface area contributed by atoms with Crippen LogP contribution in [-0.2, 0) is 0 Å². The Morgan fingerprint density at radius 2 is 2.17 bits per heavy atom. The van der Waals surface area contributed by atoms with Gasteiger partial charge in [0.2, 0.25) is 5.88 Å². The molecule has 0 aliphatic carbocycles. The van der Waals surface area contributed by atoms with E-state index in [9.17, 15) is 4.79 Å². The molecule has 2 N–H and O–H groups in total. The van der Waals surface area contributed by atoms with Gasteiger partial charge in [-0.1, -0.05) is 11.6 Å². The van der Waals surface area contributed by atoms with Crippen LogP contribution < -0.4 is 10.5 Å². The van der Waals surface area contributed by atoms with Crippen LogP contribution in [0.5, 0.6) is 11.6 Å². The van der Waals surface area contributed by atoms with Gasteiger partial charge in [-0.05, 0) is 37.3 Å². The first-order valence-electron chi connectivity index (χ1n) is 5.27. The van der Waals surface area contributed by atoms with Gasteiger partial charge in [-0.2, -0.15) is 0 Å². The quantitative estimate of drug-likeness (QED) is 0.681. The number of carbonyl (C=O) groups is 1. The average molecular weight is 263 g/mol. The summed E-state index contributed by atoms with van der Waals surface area (Å²) in [5.74, 6) is 0.507. The number of ether oxygens (including phenoxy) is 1. The maximum atomic E-state index is 11.5. The number of Topliss-reactive ketones (excluding diaryl/α,β-unsaturated/α-hetero) is 1. The molecular formula is C13H11ClN2O2. The summed E-state index contributed by atoms with van der Waals surface area (Å²) in [5.41, 5.74) is 6.54. The Morgan fingerprint density at radius 1 is 1.39 bits per heavy atom. The van der Waals surface area contributed by atoms with E-state index in [-0.39, 0.29) is 11.7 Å². The van der Waals surface area contributed by atoms with Crippen LogP contribution >= 0.6 is 11.6 Å². The Labute approximate surface area is 109 Å². The van der Waals surface area contributed by atoms with Gasteiger partial charge < -0.3 is 10.5 Å². The van der Waals surface area contributed by atoms with Gasteiger partial charge in [0.25, 0.3) is 0 Å². The minimum Gasteiger partial charge on any atom is -0.437 e. The zero-order chi connectivity index (χ0) is 13.1. The third kappa shape index (κ3) is 2.60. The number of nitrogen functional groups attached to an aromatic ring is 1. The predicted molar refractivity (Wildman–Crippen MR) is 70.2 cm³/mol. The highest BCUT2D eigenvalue weighted by atomic mass is 35.5. The molecule has 1 heterocycles. The average Bonchev–Trinajstić information content (AvgIpc) is 2.34. The van der Waals surface area contributed by atoms with E-state index < -0.39 is 0 Å². The molecular weight excluding hydrogens is 252 g/mol. The molecule has 92 valence electrons. The van der Waals surface area contributed by atoms with E-state index in [0.29, 0.717) is 22.0 Å². The van der Waals surface area contributed by atoms with E-state index >= 15 is 0 Å². The van der Waals surface area contributed by atoms with Crippen molar-refractivity contribution in [2.45, 2.75) is 6.92 Å². The van der Waals surface area contributed by atoms with Crippen molar-refractivity contribution in [1.29, 1.82) is 0 Å². The molecule has 4 nitrogen and oxygen atoms in total. The molecule has 2 aromatic rings. The van der Waals surface area contributed by atoms with Crippen molar-refractivity contribution in [3.63, 3.8) is 0 Å². The fourth-order valence-electron chi connectivity index (χ4n) is 1.46. The number of carbonyl (C=O) groups excluding carboxylic acids is 1. The number of aromatic nitrogens is 1. The number of nitrogens with zero attached hydrogens (tertiary/aromatic N) is 1. The number of ketones is 1. The molecule has 0 aliphatic heterocycles. The summed E-state index contributed by atoms with van der Waals surface area (Å²) in [7, 11) is 0. The molecule has 0 radical (unpaired) electrons. The lowest BCUT2D eigenvalue weighted by atomic mass is 10.1. The molecule has 0 aliphatic rings. The van der Waals surface area contributed by atoms with Crippen LogP contribution in [0.3, 0.4) is 0 Å². The van der Waals surface area contributed by atoms with Crippen LogP contribution in [0.2, 0.25) is 5.02 Å². The molecule has 2 rings (SSSR count). The van der Waals surface area contributed by atoms with Crippen molar-refractivity contribution in [1.82, 2.24) is 4.98 Å². The van der Waals surface area contributed by atoms with E-state index in [1.807, 2.05) is 0 Å². The SMILES string of the molecule is CC(=O)c1cc(N)ccc1Oc1ncccc1Cl. The summed E-state index contributed by atoms with van der Waals surface area (Å²) in [5, 5.41) is 0.379. The number of rotatable bonds is 3. The molecule has 0 bridgehead atoms. The van der Waals surface area contributed by atoms with Gasteiger partial charge >= 0.3 is 0 Å². The fraction of sp³-hybridized carbons (Fsp3) is 0.0769. The highest BCUT2D eigenvalue weighted by Gasteiger charge is 2.12. The zero-order valence-electron chi connectivity index (χ0n) is 9.68. The van der Waals surface area contributed by atoms with Crippen molar-refractivity contribution in [3.8, 4) is 11.6 Å². The lowest BCUT2D eigenvalue weighted by Gasteiger charge is -2.10. The van der Waals surface area contributed by atoms with Crippen molar-refractivity contribution < 1.29 is 9.53 Å². The van der Waals surface area contributed by atoms with Gasteiger partial charge in [0.15, 0.2) is 5.78 Å². The van der Waals surface area contributed by atoms with Gasteiger partial charge in [0.05, 0.1) is 5.56 Å². The van der Waals surface area contributed by atoms with Crippen LogP contribution in [0.15, 0.2) is 36.5 Å². The molecule has 0 amide bonds. The van der Waals surface area contributed by atoms with Gasteiger partial charge in [-0.25, -0.2) is 4.98 Å². The van der Waals surface area contributed by atoms with Crippen LogP contribution in [0.25, 0.3) is 0 Å². The molecule has 1 aromatic carbocycles. The van der Waals surface area contributed by atoms with E-state index in [0.717, 1.165) is 0 Å². The smallest absolute Gasteiger partial charge is 0.238 e. The standard InChI is InChI=1S/C13H11ClN2O2/c1-8(17)10-7-9(15)4-5-12(10)18-13-11(14)3-2-6-16-13/h2-7H,15H2,1H3. The topological polar surface area (TPSA) is 65.2 Å². The van der Waals surface area contributed by atoms with E-state index in [1.54, 1.807) is 36.5 Å². The number of anilines is 1. The summed E-state index contributed by atoms with van der Waals surface area (Å²) in [6.45, 7) is 1.45. The number of benzene rings is 1. The second kappa shape index (κ2) is 5.06. The van der Waals surface area contributed by atoms with Crippen molar-refractivity contribution in [2.75, 3.05) is 5.73 Å². The minimum absolute atomic E-state index is 0.135. The Bertz CT molecular complexity index is 599. The normalized spacial score (nSPS) is 10.1. The number of hydrogen-bond donors (Lipinski definition) is 1. The Hall–Kier alpha value is -2.07. The van der Waals surface area contributed by atoms with Crippen LogP contribution in [0, 0.1) is 0 Å². The largest absolute Gasteiger partial charge is 0.437 e. The van der Waals surface area contributed by atoms with Gasteiger partial charge in [-0.15, -0.1) is 0 Å². The van der Waals surface area contributed by atoms with Crippen LogP contribution in [0.1, 0.15) is 17.3 Å². The number of pyridine rings is 1. The summed E-state index contributed by atoms with van der Waals surface area (Å²) in [6.07, 6.45) is 1.56. The lowest BCUT2D eigenvalue weighted by Crippen LogP contribution is -1.99. The van der Waals surface area contributed by atoms with Crippen molar-refractivity contribution in [2.24, 2.45) is 0 Å². The summed E-state index contributed by atoms with van der Waals surface area (Å²) >= 11 is 5.94. The van der Waals surface area contributed by atoms with Gasteiger partial charge in [0.1, 0.15) is 10.8 Å². The van der Waals surface area contributed by atoms with E-state index in [1.165, 1.54) is 6.92 Å². The van der Waals surface area contributed by atoms with Gasteiger partial charge in [-0.3, -0.25) is 4.79 Å². The van der Waals surface area contributed by atoms with Crippen molar-refractivity contribution in [3.05, 3.63) is 47.1 Å². The summed E-state index contributed by atoms with van der Waals surface area (Å²) < 4.78 is 5.54. The fourth-order valence-corrected chi connectivity index (χ4v) is 1.62. The predicted octanol–water partition coefficient (Wildman–Crippen LogP) is 3.31. The first kappa shape index (κ1) is 12.4. The molecule has 0 spiro atoms. The number of halogens is 1. The Morgan fingerprint density at radius 3 is 2.83 bits per heavy atom. The maximum absolute atomic E-state index is 11.5. The monoisotopic (exact) mass is 262 g/mol. The molecule has 0 saturated carbocycles. The maximum Gasteiger partial charge on any atom is 0.238 e. The minimum atomic E-state index is -0.135. The Kier molecular flexibility index (Phi) is 3.48. The van der Waals surface area contributed by atoms with Crippen LogP contribution in [0.4, 0.5) is 5.69 Å². The first-order valence-corrected chi connectivity index (χ1v) is 5.64. The molecule has 0 saturated heterocycles.